The second-order valence-electron chi connectivity index (χ2n) is 6.72. The van der Waals surface area contributed by atoms with E-state index in [-0.39, 0.29) is 12.4 Å². The first-order chi connectivity index (χ1) is 14.9. The molecule has 0 saturated carbocycles. The molecule has 6 nitrogen and oxygen atoms in total. The average molecular weight is 424 g/mol. The van der Waals surface area contributed by atoms with Gasteiger partial charge in [-0.3, -0.25) is 0 Å². The van der Waals surface area contributed by atoms with Crippen LogP contribution in [0.2, 0.25) is 0 Å². The predicted octanol–water partition coefficient (Wildman–Crippen LogP) is 5.01. The van der Waals surface area contributed by atoms with Crippen LogP contribution in [0.25, 0.3) is 11.0 Å². The van der Waals surface area contributed by atoms with Gasteiger partial charge in [0, 0.05) is 19.2 Å². The van der Waals surface area contributed by atoms with Crippen LogP contribution in [0.1, 0.15) is 16.2 Å². The number of rotatable bonds is 6. The van der Waals surface area contributed by atoms with Gasteiger partial charge in [-0.25, -0.2) is 18.6 Å². The fraction of sp³-hybridized carbons (Fsp3) is 0.130. The van der Waals surface area contributed by atoms with Crippen molar-refractivity contribution in [3.8, 4) is 17.2 Å². The van der Waals surface area contributed by atoms with Gasteiger partial charge in [-0.2, -0.15) is 0 Å². The number of ether oxygens (including phenoxy) is 3. The van der Waals surface area contributed by atoms with Crippen LogP contribution in [-0.4, -0.2) is 22.6 Å². The lowest BCUT2D eigenvalue weighted by Gasteiger charge is -2.08. The second kappa shape index (κ2) is 8.43. The van der Waals surface area contributed by atoms with E-state index in [9.17, 15) is 13.6 Å². The molecule has 0 unspecified atom stereocenters. The van der Waals surface area contributed by atoms with Crippen LogP contribution >= 0.6 is 0 Å². The number of fused-ring (bicyclic) bond motifs is 1. The van der Waals surface area contributed by atoms with E-state index < -0.39 is 17.6 Å². The highest BCUT2D eigenvalue weighted by Gasteiger charge is 2.13. The molecule has 0 aliphatic rings. The lowest BCUT2D eigenvalue weighted by Crippen LogP contribution is -2.05. The summed E-state index contributed by atoms with van der Waals surface area (Å²) in [5, 5.41) is 0. The summed E-state index contributed by atoms with van der Waals surface area (Å²) in [5.41, 5.74) is 1.81. The van der Waals surface area contributed by atoms with Gasteiger partial charge in [-0.15, -0.1) is 0 Å². The fourth-order valence-electron chi connectivity index (χ4n) is 3.07. The Labute approximate surface area is 176 Å². The summed E-state index contributed by atoms with van der Waals surface area (Å²) in [7, 11) is 3.13. The summed E-state index contributed by atoms with van der Waals surface area (Å²) in [5.74, 6) is -0.416. The fourth-order valence-corrected chi connectivity index (χ4v) is 3.07. The summed E-state index contributed by atoms with van der Waals surface area (Å²) in [6.07, 6.45) is 0. The number of carbonyl (C=O) groups excluding carboxylic acids is 1. The van der Waals surface area contributed by atoms with Gasteiger partial charge in [0.15, 0.2) is 11.6 Å². The van der Waals surface area contributed by atoms with Crippen LogP contribution in [0.15, 0.2) is 60.7 Å². The minimum Gasteiger partial charge on any atom is -0.486 e. The number of hydrogen-bond acceptors (Lipinski definition) is 5. The molecule has 1 heterocycles. The number of aromatic nitrogens is 2. The number of nitrogens with zero attached hydrogens (tertiary/aromatic N) is 2. The van der Waals surface area contributed by atoms with Gasteiger partial charge in [0.1, 0.15) is 29.7 Å². The zero-order chi connectivity index (χ0) is 22.0. The van der Waals surface area contributed by atoms with Crippen LogP contribution in [0.3, 0.4) is 0 Å². The van der Waals surface area contributed by atoms with Gasteiger partial charge in [-0.05, 0) is 42.5 Å². The zero-order valence-corrected chi connectivity index (χ0v) is 16.8. The molecule has 0 spiro atoms. The number of imidazole rings is 1. The van der Waals surface area contributed by atoms with Crippen molar-refractivity contribution in [3.63, 3.8) is 0 Å². The van der Waals surface area contributed by atoms with E-state index in [0.717, 1.165) is 23.7 Å². The smallest absolute Gasteiger partial charge is 0.337 e. The molecule has 158 valence electrons. The third kappa shape index (κ3) is 4.32. The van der Waals surface area contributed by atoms with Gasteiger partial charge in [0.2, 0.25) is 0 Å². The van der Waals surface area contributed by atoms with E-state index in [0.29, 0.717) is 28.4 Å². The Hall–Kier alpha value is -3.94. The minimum absolute atomic E-state index is 0.157. The molecule has 0 radical (unpaired) electrons. The van der Waals surface area contributed by atoms with E-state index in [1.807, 2.05) is 11.6 Å². The van der Waals surface area contributed by atoms with E-state index in [4.69, 9.17) is 14.2 Å². The van der Waals surface area contributed by atoms with Gasteiger partial charge in [0.05, 0.1) is 23.7 Å². The maximum absolute atomic E-state index is 13.9. The van der Waals surface area contributed by atoms with Crippen molar-refractivity contribution in [1.82, 2.24) is 9.55 Å². The van der Waals surface area contributed by atoms with Crippen molar-refractivity contribution in [2.24, 2.45) is 7.05 Å². The molecule has 4 aromatic rings. The lowest BCUT2D eigenvalue weighted by atomic mass is 10.2. The van der Waals surface area contributed by atoms with Crippen LogP contribution in [-0.2, 0) is 18.4 Å². The Kier molecular flexibility index (Phi) is 5.53. The third-order valence-corrected chi connectivity index (χ3v) is 4.69. The first kappa shape index (κ1) is 20.3. The van der Waals surface area contributed by atoms with E-state index >= 15 is 0 Å². The SMILES string of the molecule is COC(=O)c1cccc(OCc2nc3ccc(Oc4cc(F)ccc4F)cc3n2C)c1. The van der Waals surface area contributed by atoms with Gasteiger partial charge in [-0.1, -0.05) is 6.07 Å². The molecule has 0 fully saturated rings. The van der Waals surface area contributed by atoms with Gasteiger partial charge in [0.25, 0.3) is 0 Å². The number of methoxy groups -OCH3 is 1. The third-order valence-electron chi connectivity index (χ3n) is 4.69. The molecule has 31 heavy (non-hydrogen) atoms. The lowest BCUT2D eigenvalue weighted by molar-refractivity contribution is 0.0600. The van der Waals surface area contributed by atoms with Crippen LogP contribution < -0.4 is 9.47 Å². The number of carbonyl (C=O) groups is 1. The quantitative estimate of drug-likeness (QED) is 0.407. The first-order valence-electron chi connectivity index (χ1n) is 9.34. The molecule has 0 saturated heterocycles. The van der Waals surface area contributed by atoms with Crippen molar-refractivity contribution in [3.05, 3.63) is 83.7 Å². The molecule has 4 rings (SSSR count). The van der Waals surface area contributed by atoms with Crippen molar-refractivity contribution in [2.45, 2.75) is 6.61 Å². The Bertz CT molecular complexity index is 1270. The van der Waals surface area contributed by atoms with Crippen LogP contribution in [0.4, 0.5) is 8.78 Å². The molecule has 0 atom stereocenters. The number of halogens is 2. The van der Waals surface area contributed by atoms with Crippen molar-refractivity contribution >= 4 is 17.0 Å². The molecule has 0 aliphatic carbocycles. The van der Waals surface area contributed by atoms with Gasteiger partial charge >= 0.3 is 5.97 Å². The average Bonchev–Trinajstić information content (AvgIpc) is 3.09. The van der Waals surface area contributed by atoms with Crippen LogP contribution in [0.5, 0.6) is 17.2 Å². The topological polar surface area (TPSA) is 62.6 Å². The molecular weight excluding hydrogens is 406 g/mol. The molecule has 0 aliphatic heterocycles. The Balaban J connectivity index is 1.54. The molecule has 8 heteroatoms. The first-order valence-corrected chi connectivity index (χ1v) is 9.34. The Morgan fingerprint density at radius 1 is 1.03 bits per heavy atom. The standard InChI is InChI=1S/C23H18F2N2O4/c1-27-20-12-17(31-21-11-15(24)6-8-18(21)25)7-9-19(20)26-22(27)13-30-16-5-3-4-14(10-16)23(28)29-2/h3-12H,13H2,1-2H3. The normalized spacial score (nSPS) is 10.8. The minimum atomic E-state index is -0.658. The van der Waals surface area contributed by atoms with E-state index in [2.05, 4.69) is 4.98 Å². The summed E-state index contributed by atoms with van der Waals surface area (Å²) in [4.78, 5) is 16.2. The van der Waals surface area contributed by atoms with E-state index in [1.165, 1.54) is 7.11 Å². The zero-order valence-electron chi connectivity index (χ0n) is 16.8. The van der Waals surface area contributed by atoms with Crippen molar-refractivity contribution < 1.29 is 27.8 Å². The van der Waals surface area contributed by atoms with Crippen LogP contribution in [0, 0.1) is 11.6 Å². The maximum atomic E-state index is 13.9. The number of benzene rings is 3. The monoisotopic (exact) mass is 424 g/mol. The number of esters is 1. The predicted molar refractivity (Wildman–Crippen MR) is 109 cm³/mol. The Morgan fingerprint density at radius 2 is 1.87 bits per heavy atom. The van der Waals surface area contributed by atoms with Crippen molar-refractivity contribution in [1.29, 1.82) is 0 Å². The largest absolute Gasteiger partial charge is 0.486 e. The summed E-state index contributed by atoms with van der Waals surface area (Å²) >= 11 is 0. The van der Waals surface area contributed by atoms with Gasteiger partial charge < -0.3 is 18.8 Å². The second-order valence-corrected chi connectivity index (χ2v) is 6.72. The summed E-state index contributed by atoms with van der Waals surface area (Å²) < 4.78 is 45.1. The molecular formula is C23H18F2N2O4. The number of aryl methyl sites for hydroxylation is 1. The highest BCUT2D eigenvalue weighted by molar-refractivity contribution is 5.89. The van der Waals surface area contributed by atoms with E-state index in [1.54, 1.807) is 42.5 Å². The number of hydrogen-bond donors (Lipinski definition) is 0. The molecule has 0 N–H and O–H groups in total. The highest BCUT2D eigenvalue weighted by atomic mass is 19.1. The molecule has 0 bridgehead atoms. The summed E-state index contributed by atoms with van der Waals surface area (Å²) in [6.45, 7) is 0.157. The molecule has 0 amide bonds. The Morgan fingerprint density at radius 3 is 2.68 bits per heavy atom. The highest BCUT2D eigenvalue weighted by Crippen LogP contribution is 2.28. The maximum Gasteiger partial charge on any atom is 0.337 e. The van der Waals surface area contributed by atoms with Crippen molar-refractivity contribution in [2.75, 3.05) is 7.11 Å². The summed E-state index contributed by atoms with van der Waals surface area (Å²) in [6, 6.07) is 14.7. The molecule has 1 aromatic heterocycles. The molecule has 3 aromatic carbocycles.